The molecule has 7 heteroatoms. The Morgan fingerprint density at radius 2 is 2.08 bits per heavy atom. The second-order valence-corrected chi connectivity index (χ2v) is 8.45. The number of carbonyl (C=O) groups excluding carboxylic acids is 1. The highest BCUT2D eigenvalue weighted by molar-refractivity contribution is 9.11. The molecule has 1 amide bonds. The molecule has 2 heterocycles. The van der Waals surface area contributed by atoms with Crippen molar-refractivity contribution in [2.24, 2.45) is 0 Å². The number of rotatable bonds is 5. The highest BCUT2D eigenvalue weighted by Gasteiger charge is 2.18. The second kappa shape index (κ2) is 7.85. The Labute approximate surface area is 167 Å². The molecule has 3 N–H and O–H groups in total. The molecule has 0 atom stereocenters. The molecule has 3 aromatic rings. The van der Waals surface area contributed by atoms with Gasteiger partial charge in [-0.15, -0.1) is 11.3 Å². The van der Waals surface area contributed by atoms with Crippen LogP contribution in [0.2, 0.25) is 0 Å². The summed E-state index contributed by atoms with van der Waals surface area (Å²) in [5.41, 5.74) is 8.42. The summed E-state index contributed by atoms with van der Waals surface area (Å²) >= 11 is 8.18. The van der Waals surface area contributed by atoms with Crippen molar-refractivity contribution >= 4 is 70.7 Å². The van der Waals surface area contributed by atoms with Crippen LogP contribution in [0.25, 0.3) is 10.2 Å². The fourth-order valence-electron chi connectivity index (χ4n) is 2.47. The first kappa shape index (κ1) is 18.4. The minimum atomic E-state index is -0.223. The molecule has 0 unspecified atom stereocenters. The van der Waals surface area contributed by atoms with Gasteiger partial charge in [0.25, 0.3) is 5.91 Å². The lowest BCUT2D eigenvalue weighted by Crippen LogP contribution is -2.12. The number of nitrogen functional groups attached to an aromatic ring is 1. The van der Waals surface area contributed by atoms with Gasteiger partial charge >= 0.3 is 0 Å². The first-order chi connectivity index (χ1) is 12.0. The lowest BCUT2D eigenvalue weighted by atomic mass is 10.1. The van der Waals surface area contributed by atoms with Crippen molar-refractivity contribution in [2.45, 2.75) is 26.2 Å². The Hall–Kier alpha value is -1.44. The number of pyridine rings is 1. The van der Waals surface area contributed by atoms with E-state index >= 15 is 0 Å². The molecule has 4 nitrogen and oxygen atoms in total. The average molecular weight is 483 g/mol. The molecule has 0 fully saturated rings. The van der Waals surface area contributed by atoms with Gasteiger partial charge in [-0.25, -0.2) is 4.98 Å². The molecule has 0 bridgehead atoms. The van der Waals surface area contributed by atoms with Gasteiger partial charge in [-0.3, -0.25) is 4.79 Å². The summed E-state index contributed by atoms with van der Waals surface area (Å²) in [5, 5.41) is 3.74. The van der Waals surface area contributed by atoms with Crippen LogP contribution in [0.1, 0.15) is 35.1 Å². The molecule has 1 aromatic carbocycles. The Kier molecular flexibility index (Phi) is 5.76. The zero-order valence-electron chi connectivity index (χ0n) is 13.6. The molecular formula is C18H17Br2N3OS. The molecule has 3 rings (SSSR count). The molecule has 0 saturated heterocycles. The average Bonchev–Trinajstić information content (AvgIpc) is 2.92. The fraction of sp³-hybridized carbons (Fsp3) is 0.222. The summed E-state index contributed by atoms with van der Waals surface area (Å²) in [5.74, 6) is -0.223. The number of aryl methyl sites for hydroxylation is 1. The van der Waals surface area contributed by atoms with Crippen LogP contribution >= 0.6 is 43.2 Å². The van der Waals surface area contributed by atoms with Crippen LogP contribution in [-0.2, 0) is 6.42 Å². The van der Waals surface area contributed by atoms with E-state index in [1.807, 2.05) is 30.3 Å². The number of amides is 1. The van der Waals surface area contributed by atoms with Crippen LogP contribution < -0.4 is 11.1 Å². The van der Waals surface area contributed by atoms with E-state index in [0.717, 1.165) is 44.1 Å². The Morgan fingerprint density at radius 1 is 1.28 bits per heavy atom. The van der Waals surface area contributed by atoms with Gasteiger partial charge in [0.15, 0.2) is 0 Å². The van der Waals surface area contributed by atoms with Crippen molar-refractivity contribution in [2.75, 3.05) is 11.1 Å². The van der Waals surface area contributed by atoms with Crippen molar-refractivity contribution in [1.82, 2.24) is 4.98 Å². The first-order valence-corrected chi connectivity index (χ1v) is 10.3. The number of aromatic nitrogens is 1. The number of hydrogen-bond donors (Lipinski definition) is 2. The summed E-state index contributed by atoms with van der Waals surface area (Å²) in [7, 11) is 0. The van der Waals surface area contributed by atoms with Crippen molar-refractivity contribution in [3.63, 3.8) is 0 Å². The number of unbranched alkanes of at least 4 members (excludes halogenated alkanes) is 1. The third-order valence-corrected chi connectivity index (χ3v) is 6.09. The lowest BCUT2D eigenvalue weighted by molar-refractivity contribution is 0.103. The zero-order valence-corrected chi connectivity index (χ0v) is 17.6. The van der Waals surface area contributed by atoms with E-state index in [0.29, 0.717) is 16.3 Å². The maximum absolute atomic E-state index is 12.7. The van der Waals surface area contributed by atoms with E-state index in [9.17, 15) is 4.79 Å². The molecule has 0 aliphatic heterocycles. The molecule has 2 aromatic heterocycles. The van der Waals surface area contributed by atoms with Crippen molar-refractivity contribution in [1.29, 1.82) is 0 Å². The van der Waals surface area contributed by atoms with E-state index in [-0.39, 0.29) is 5.91 Å². The maximum Gasteiger partial charge on any atom is 0.267 e. The van der Waals surface area contributed by atoms with Crippen LogP contribution in [0.3, 0.4) is 0 Å². The standard InChI is InChI=1S/C18H17Br2N3OS/c1-2-3-4-11-6-7-12-15(21)16(25-18(12)22-11)17(24)23-14-8-5-10(19)9-13(14)20/h5-9H,2-4,21H2,1H3,(H,23,24). The predicted molar refractivity (Wildman–Crippen MR) is 112 cm³/mol. The van der Waals surface area contributed by atoms with Gasteiger partial charge < -0.3 is 11.1 Å². The molecule has 0 saturated carbocycles. The van der Waals surface area contributed by atoms with E-state index < -0.39 is 0 Å². The van der Waals surface area contributed by atoms with E-state index in [1.54, 1.807) is 0 Å². The van der Waals surface area contributed by atoms with Gasteiger partial charge in [0, 0.05) is 20.0 Å². The highest BCUT2D eigenvalue weighted by Crippen LogP contribution is 2.34. The van der Waals surface area contributed by atoms with Gasteiger partial charge in [0.1, 0.15) is 9.71 Å². The van der Waals surface area contributed by atoms with Crippen molar-refractivity contribution in [3.05, 3.63) is 49.8 Å². The summed E-state index contributed by atoms with van der Waals surface area (Å²) < 4.78 is 1.73. The normalized spacial score (nSPS) is 11.0. The van der Waals surface area contributed by atoms with E-state index in [4.69, 9.17) is 5.73 Å². The molecule has 25 heavy (non-hydrogen) atoms. The summed E-state index contributed by atoms with van der Waals surface area (Å²) in [6.45, 7) is 2.16. The summed E-state index contributed by atoms with van der Waals surface area (Å²) in [4.78, 5) is 18.6. The van der Waals surface area contributed by atoms with Gasteiger partial charge in [-0.05, 0) is 59.1 Å². The number of nitrogens with two attached hydrogens (primary N) is 1. The SMILES string of the molecule is CCCCc1ccc2c(N)c(C(=O)Nc3ccc(Br)cc3Br)sc2n1. The van der Waals surface area contributed by atoms with Crippen LogP contribution in [0.4, 0.5) is 11.4 Å². The summed E-state index contributed by atoms with van der Waals surface area (Å²) in [6.07, 6.45) is 3.17. The molecule has 0 aliphatic rings. The van der Waals surface area contributed by atoms with Gasteiger partial charge in [-0.1, -0.05) is 29.3 Å². The Morgan fingerprint density at radius 3 is 2.80 bits per heavy atom. The minimum absolute atomic E-state index is 0.223. The predicted octanol–water partition coefficient (Wildman–Crippen LogP) is 6.00. The van der Waals surface area contributed by atoms with Crippen molar-refractivity contribution < 1.29 is 4.79 Å². The molecule has 130 valence electrons. The zero-order chi connectivity index (χ0) is 18.0. The molecule has 0 radical (unpaired) electrons. The quantitative estimate of drug-likeness (QED) is 0.468. The van der Waals surface area contributed by atoms with Crippen molar-refractivity contribution in [3.8, 4) is 0 Å². The molecule has 0 aliphatic carbocycles. The van der Waals surface area contributed by atoms with Gasteiger partial charge in [0.2, 0.25) is 0 Å². The second-order valence-electron chi connectivity index (χ2n) is 5.68. The Bertz CT molecular complexity index is 939. The van der Waals surface area contributed by atoms with Crippen LogP contribution in [-0.4, -0.2) is 10.9 Å². The summed E-state index contributed by atoms with van der Waals surface area (Å²) in [6, 6.07) is 9.54. The number of anilines is 2. The van der Waals surface area contributed by atoms with Crippen LogP contribution in [0.5, 0.6) is 0 Å². The number of halogens is 2. The number of carbonyl (C=O) groups is 1. The number of thiophene rings is 1. The Balaban J connectivity index is 1.89. The number of benzene rings is 1. The number of nitrogens with zero attached hydrogens (tertiary/aromatic N) is 1. The third-order valence-electron chi connectivity index (χ3n) is 3.82. The number of fused-ring (bicyclic) bond motifs is 1. The maximum atomic E-state index is 12.7. The largest absolute Gasteiger partial charge is 0.397 e. The van der Waals surface area contributed by atoms with Crippen LogP contribution in [0.15, 0.2) is 39.3 Å². The van der Waals surface area contributed by atoms with Gasteiger partial charge in [0.05, 0.1) is 11.4 Å². The highest BCUT2D eigenvalue weighted by atomic mass is 79.9. The third kappa shape index (κ3) is 4.04. The van der Waals surface area contributed by atoms with E-state index in [2.05, 4.69) is 49.1 Å². The molecular weight excluding hydrogens is 466 g/mol. The lowest BCUT2D eigenvalue weighted by Gasteiger charge is -2.07. The molecule has 0 spiro atoms. The minimum Gasteiger partial charge on any atom is -0.397 e. The van der Waals surface area contributed by atoms with Crippen LogP contribution in [0, 0.1) is 0 Å². The number of hydrogen-bond acceptors (Lipinski definition) is 4. The fourth-order valence-corrected chi connectivity index (χ4v) is 4.63. The van der Waals surface area contributed by atoms with Gasteiger partial charge in [-0.2, -0.15) is 0 Å². The number of nitrogens with one attached hydrogen (secondary N) is 1. The first-order valence-electron chi connectivity index (χ1n) is 7.94. The topological polar surface area (TPSA) is 68.0 Å². The monoisotopic (exact) mass is 481 g/mol. The van der Waals surface area contributed by atoms with E-state index in [1.165, 1.54) is 11.3 Å². The smallest absolute Gasteiger partial charge is 0.267 e.